The van der Waals surface area contributed by atoms with Gasteiger partial charge in [0.05, 0.1) is 18.2 Å². The van der Waals surface area contributed by atoms with Gasteiger partial charge in [0.2, 0.25) is 0 Å². The van der Waals surface area contributed by atoms with Gasteiger partial charge in [0, 0.05) is 0 Å². The summed E-state index contributed by atoms with van der Waals surface area (Å²) in [6, 6.07) is 17.9. The second-order valence-corrected chi connectivity index (χ2v) is 8.09. The van der Waals surface area contributed by atoms with Crippen LogP contribution in [0.1, 0.15) is 63.1 Å². The Kier molecular flexibility index (Phi) is 9.80. The van der Waals surface area contributed by atoms with Gasteiger partial charge in [-0.25, -0.2) is 0 Å². The van der Waals surface area contributed by atoms with Gasteiger partial charge in [0.15, 0.2) is 0 Å². The second kappa shape index (κ2) is 12.6. The van der Waals surface area contributed by atoms with Gasteiger partial charge < -0.3 is 4.74 Å². The van der Waals surface area contributed by atoms with Crippen LogP contribution >= 0.6 is 0 Å². The fourth-order valence-electron chi connectivity index (χ4n) is 3.07. The maximum atomic E-state index is 8.82. The molecule has 2 aromatic rings. The van der Waals surface area contributed by atoms with Crippen LogP contribution in [0.25, 0.3) is 12.2 Å². The monoisotopic (exact) mass is 387 g/mol. The molecule has 0 N–H and O–H groups in total. The van der Waals surface area contributed by atoms with E-state index in [0.717, 1.165) is 41.7 Å². The van der Waals surface area contributed by atoms with Crippen molar-refractivity contribution in [2.75, 3.05) is 6.61 Å². The molecule has 2 rings (SSSR count). The molecule has 2 heteroatoms. The van der Waals surface area contributed by atoms with Gasteiger partial charge in [-0.15, -0.1) is 0 Å². The minimum Gasteiger partial charge on any atom is -0.494 e. The summed E-state index contributed by atoms with van der Waals surface area (Å²) >= 11 is 0. The van der Waals surface area contributed by atoms with Crippen LogP contribution < -0.4 is 4.74 Å². The molecule has 0 aromatic heterocycles. The Morgan fingerprint density at radius 2 is 1.41 bits per heavy atom. The molecule has 152 valence electrons. The Morgan fingerprint density at radius 3 is 1.97 bits per heavy atom. The summed E-state index contributed by atoms with van der Waals surface area (Å²) in [5, 5.41) is 8.82. The summed E-state index contributed by atoms with van der Waals surface area (Å²) in [6.45, 7) is 7.69. The van der Waals surface area contributed by atoms with Gasteiger partial charge in [0.25, 0.3) is 0 Å². The fraction of sp³-hybridized carbons (Fsp3) is 0.370. The van der Waals surface area contributed by atoms with E-state index in [-0.39, 0.29) is 0 Å². The van der Waals surface area contributed by atoms with Gasteiger partial charge in [-0.05, 0) is 53.6 Å². The molecule has 0 heterocycles. The topological polar surface area (TPSA) is 33.0 Å². The summed E-state index contributed by atoms with van der Waals surface area (Å²) in [6.07, 6.45) is 13.2. The van der Waals surface area contributed by atoms with E-state index in [4.69, 9.17) is 10.00 Å². The summed E-state index contributed by atoms with van der Waals surface area (Å²) in [5.41, 5.74) is 2.90. The standard InChI is InChI=1S/C27H33NO/c1-22(2)7-6-8-23(3)19-20-29-27-17-15-25(16-18-27)10-5-4-9-24-11-13-26(21-28)14-12-24/h4-5,9-18,22-23H,6-8,19-20H2,1-3H3/b9-4+,10-5+. The SMILES string of the molecule is CC(C)CCCC(C)CCOc1ccc(/C=C/C=C/c2ccc(C#N)cc2)cc1. The molecule has 0 aliphatic carbocycles. The highest BCUT2D eigenvalue weighted by molar-refractivity contribution is 5.58. The van der Waals surface area contributed by atoms with Crippen LogP contribution in [0.3, 0.4) is 0 Å². The number of ether oxygens (including phenoxy) is 1. The number of nitrogens with zero attached hydrogens (tertiary/aromatic N) is 1. The van der Waals surface area contributed by atoms with E-state index < -0.39 is 0 Å². The van der Waals surface area contributed by atoms with Crippen molar-refractivity contribution in [3.05, 3.63) is 77.4 Å². The number of hydrogen-bond donors (Lipinski definition) is 0. The highest BCUT2D eigenvalue weighted by Crippen LogP contribution is 2.17. The lowest BCUT2D eigenvalue weighted by Gasteiger charge is -2.13. The summed E-state index contributed by atoms with van der Waals surface area (Å²) in [5.74, 6) is 2.46. The van der Waals surface area contributed by atoms with Gasteiger partial charge in [0.1, 0.15) is 5.75 Å². The first-order valence-corrected chi connectivity index (χ1v) is 10.6. The number of hydrogen-bond acceptors (Lipinski definition) is 2. The quantitative estimate of drug-likeness (QED) is 0.374. The third kappa shape index (κ3) is 9.30. The van der Waals surface area contributed by atoms with Crippen LogP contribution in [0.5, 0.6) is 5.75 Å². The summed E-state index contributed by atoms with van der Waals surface area (Å²) in [4.78, 5) is 0. The van der Waals surface area contributed by atoms with E-state index in [2.05, 4.69) is 45.0 Å². The third-order valence-corrected chi connectivity index (χ3v) is 4.97. The van der Waals surface area contributed by atoms with E-state index >= 15 is 0 Å². The fourth-order valence-corrected chi connectivity index (χ4v) is 3.07. The number of rotatable bonds is 11. The maximum absolute atomic E-state index is 8.82. The van der Waals surface area contributed by atoms with Crippen molar-refractivity contribution in [3.63, 3.8) is 0 Å². The minimum atomic E-state index is 0.681. The molecule has 0 radical (unpaired) electrons. The molecule has 0 spiro atoms. The predicted molar refractivity (Wildman–Crippen MR) is 124 cm³/mol. The van der Waals surface area contributed by atoms with E-state index in [1.807, 2.05) is 54.6 Å². The molecule has 2 nitrogen and oxygen atoms in total. The molecular weight excluding hydrogens is 354 g/mol. The van der Waals surface area contributed by atoms with E-state index in [1.165, 1.54) is 19.3 Å². The molecule has 1 unspecified atom stereocenters. The molecule has 0 saturated heterocycles. The van der Waals surface area contributed by atoms with Gasteiger partial charge in [-0.2, -0.15) is 5.26 Å². The van der Waals surface area contributed by atoms with E-state index in [9.17, 15) is 0 Å². The highest BCUT2D eigenvalue weighted by atomic mass is 16.5. The van der Waals surface area contributed by atoms with Crippen LogP contribution in [-0.2, 0) is 0 Å². The van der Waals surface area contributed by atoms with Crippen LogP contribution in [0.2, 0.25) is 0 Å². The van der Waals surface area contributed by atoms with Crippen molar-refractivity contribution in [2.24, 2.45) is 11.8 Å². The molecule has 0 aliphatic heterocycles. The average molecular weight is 388 g/mol. The Bertz CT molecular complexity index is 807. The van der Waals surface area contributed by atoms with Crippen molar-refractivity contribution < 1.29 is 4.74 Å². The van der Waals surface area contributed by atoms with Crippen molar-refractivity contribution in [1.82, 2.24) is 0 Å². The molecule has 1 atom stereocenters. The van der Waals surface area contributed by atoms with Crippen molar-refractivity contribution in [3.8, 4) is 11.8 Å². The van der Waals surface area contributed by atoms with Crippen molar-refractivity contribution >= 4 is 12.2 Å². The lowest BCUT2D eigenvalue weighted by atomic mass is 9.98. The van der Waals surface area contributed by atoms with Crippen molar-refractivity contribution in [1.29, 1.82) is 5.26 Å². The van der Waals surface area contributed by atoms with Gasteiger partial charge in [-0.3, -0.25) is 0 Å². The lowest BCUT2D eigenvalue weighted by molar-refractivity contribution is 0.275. The third-order valence-electron chi connectivity index (χ3n) is 4.97. The molecule has 29 heavy (non-hydrogen) atoms. The van der Waals surface area contributed by atoms with Crippen LogP contribution in [0, 0.1) is 23.2 Å². The first-order chi connectivity index (χ1) is 14.1. The molecule has 0 aliphatic rings. The van der Waals surface area contributed by atoms with Crippen LogP contribution in [-0.4, -0.2) is 6.61 Å². The maximum Gasteiger partial charge on any atom is 0.119 e. The molecule has 0 bridgehead atoms. The molecule has 0 saturated carbocycles. The molecule has 2 aromatic carbocycles. The first-order valence-electron chi connectivity index (χ1n) is 10.6. The minimum absolute atomic E-state index is 0.681. The van der Waals surface area contributed by atoms with Crippen molar-refractivity contribution in [2.45, 2.75) is 46.5 Å². The Hall–Kier alpha value is -2.79. The zero-order chi connectivity index (χ0) is 20.9. The molecule has 0 fully saturated rings. The first kappa shape index (κ1) is 22.5. The highest BCUT2D eigenvalue weighted by Gasteiger charge is 2.04. The molecular formula is C27H33NO. The Labute approximate surface area is 176 Å². The number of allylic oxidation sites excluding steroid dienone is 2. The number of nitriles is 1. The number of benzene rings is 2. The summed E-state index contributed by atoms with van der Waals surface area (Å²) in [7, 11) is 0. The summed E-state index contributed by atoms with van der Waals surface area (Å²) < 4.78 is 5.90. The lowest BCUT2D eigenvalue weighted by Crippen LogP contribution is -2.04. The Balaban J connectivity index is 1.71. The average Bonchev–Trinajstić information content (AvgIpc) is 2.72. The molecule has 0 amide bonds. The van der Waals surface area contributed by atoms with Gasteiger partial charge in [-0.1, -0.05) is 88.6 Å². The van der Waals surface area contributed by atoms with E-state index in [0.29, 0.717) is 5.56 Å². The van der Waals surface area contributed by atoms with Gasteiger partial charge >= 0.3 is 0 Å². The Morgan fingerprint density at radius 1 is 0.828 bits per heavy atom. The van der Waals surface area contributed by atoms with E-state index in [1.54, 1.807) is 0 Å². The zero-order valence-electron chi connectivity index (χ0n) is 18.0. The largest absolute Gasteiger partial charge is 0.494 e. The van der Waals surface area contributed by atoms with Crippen LogP contribution in [0.15, 0.2) is 60.7 Å². The second-order valence-electron chi connectivity index (χ2n) is 8.09. The predicted octanol–water partition coefficient (Wildman–Crippen LogP) is 7.52. The normalized spacial score (nSPS) is 12.5. The smallest absolute Gasteiger partial charge is 0.119 e. The zero-order valence-corrected chi connectivity index (χ0v) is 18.0. The van der Waals surface area contributed by atoms with Crippen LogP contribution in [0.4, 0.5) is 0 Å².